The van der Waals surface area contributed by atoms with Gasteiger partial charge in [-0.2, -0.15) is 11.8 Å². The van der Waals surface area contributed by atoms with Crippen LogP contribution in [0.2, 0.25) is 0 Å². The van der Waals surface area contributed by atoms with Crippen molar-refractivity contribution in [3.63, 3.8) is 0 Å². The summed E-state index contributed by atoms with van der Waals surface area (Å²) in [4.78, 5) is 18.9. The highest BCUT2D eigenvalue weighted by Gasteiger charge is 2.16. The summed E-state index contributed by atoms with van der Waals surface area (Å²) < 4.78 is 0. The molecule has 1 saturated heterocycles. The maximum absolute atomic E-state index is 10.9. The summed E-state index contributed by atoms with van der Waals surface area (Å²) in [6.45, 7) is 0. The molecule has 0 spiro atoms. The summed E-state index contributed by atoms with van der Waals surface area (Å²) in [7, 11) is 0. The third-order valence-corrected chi connectivity index (χ3v) is 4.44. The van der Waals surface area contributed by atoms with E-state index in [2.05, 4.69) is 15.3 Å². The molecule has 20 heavy (non-hydrogen) atoms. The van der Waals surface area contributed by atoms with E-state index in [1.807, 2.05) is 11.8 Å². The van der Waals surface area contributed by atoms with Crippen LogP contribution in [0.25, 0.3) is 10.9 Å². The number of nitro groups is 1. The van der Waals surface area contributed by atoms with Crippen molar-refractivity contribution in [3.05, 3.63) is 34.6 Å². The zero-order chi connectivity index (χ0) is 13.9. The second kappa shape index (κ2) is 5.62. The molecule has 0 saturated carbocycles. The number of hydrogen-bond donors (Lipinski definition) is 1. The highest BCUT2D eigenvalue weighted by molar-refractivity contribution is 7.99. The summed E-state index contributed by atoms with van der Waals surface area (Å²) >= 11 is 1.96. The minimum Gasteiger partial charge on any atom is -0.367 e. The third-order valence-electron chi connectivity index (χ3n) is 3.39. The molecule has 0 bridgehead atoms. The van der Waals surface area contributed by atoms with Crippen LogP contribution in [0, 0.1) is 10.1 Å². The van der Waals surface area contributed by atoms with Crippen molar-refractivity contribution < 1.29 is 4.92 Å². The Balaban J connectivity index is 1.96. The fourth-order valence-corrected chi connectivity index (χ4v) is 3.41. The van der Waals surface area contributed by atoms with Gasteiger partial charge in [0.05, 0.1) is 10.4 Å². The summed E-state index contributed by atoms with van der Waals surface area (Å²) in [6.07, 6.45) is 3.67. The molecule has 0 aliphatic carbocycles. The third kappa shape index (κ3) is 2.67. The van der Waals surface area contributed by atoms with E-state index in [1.165, 1.54) is 18.5 Å². The van der Waals surface area contributed by atoms with Gasteiger partial charge in [0, 0.05) is 23.6 Å². The first-order valence-corrected chi connectivity index (χ1v) is 7.63. The molecule has 0 radical (unpaired) electrons. The highest BCUT2D eigenvalue weighted by Crippen LogP contribution is 2.27. The van der Waals surface area contributed by atoms with Crippen molar-refractivity contribution in [2.45, 2.75) is 18.9 Å². The van der Waals surface area contributed by atoms with Crippen LogP contribution in [-0.4, -0.2) is 32.4 Å². The second-order valence-electron chi connectivity index (χ2n) is 4.71. The van der Waals surface area contributed by atoms with Crippen molar-refractivity contribution in [2.75, 3.05) is 16.8 Å². The molecule has 104 valence electrons. The Morgan fingerprint density at radius 2 is 2.10 bits per heavy atom. The van der Waals surface area contributed by atoms with E-state index in [0.717, 1.165) is 29.9 Å². The molecule has 0 amide bonds. The summed E-state index contributed by atoms with van der Waals surface area (Å²) in [5.74, 6) is 2.97. The Hall–Kier alpha value is -1.89. The number of nitro benzene ring substituents is 1. The molecule has 1 fully saturated rings. The lowest BCUT2D eigenvalue weighted by Crippen LogP contribution is -2.25. The smallest absolute Gasteiger partial charge is 0.270 e. The Bertz CT molecular complexity index is 643. The molecule has 1 N–H and O–H groups in total. The molecular formula is C13H14N4O2S. The fourth-order valence-electron chi connectivity index (χ4n) is 2.31. The first-order chi connectivity index (χ1) is 9.74. The number of hydrogen-bond acceptors (Lipinski definition) is 6. The van der Waals surface area contributed by atoms with Gasteiger partial charge in [0.1, 0.15) is 12.1 Å². The number of fused-ring (bicyclic) bond motifs is 1. The van der Waals surface area contributed by atoms with Crippen LogP contribution in [0.3, 0.4) is 0 Å². The van der Waals surface area contributed by atoms with Crippen molar-refractivity contribution in [2.24, 2.45) is 0 Å². The van der Waals surface area contributed by atoms with Gasteiger partial charge in [0.2, 0.25) is 0 Å². The van der Waals surface area contributed by atoms with E-state index < -0.39 is 4.92 Å². The van der Waals surface area contributed by atoms with Gasteiger partial charge in [-0.25, -0.2) is 9.97 Å². The van der Waals surface area contributed by atoms with E-state index in [-0.39, 0.29) is 5.69 Å². The predicted molar refractivity (Wildman–Crippen MR) is 80.2 cm³/mol. The monoisotopic (exact) mass is 290 g/mol. The maximum Gasteiger partial charge on any atom is 0.270 e. The number of thioether (sulfide) groups is 1. The Morgan fingerprint density at radius 3 is 2.85 bits per heavy atom. The van der Waals surface area contributed by atoms with E-state index in [0.29, 0.717) is 17.2 Å². The minimum atomic E-state index is -0.395. The van der Waals surface area contributed by atoms with Crippen LogP contribution < -0.4 is 5.32 Å². The van der Waals surface area contributed by atoms with E-state index in [1.54, 1.807) is 6.07 Å². The normalized spacial score (nSPS) is 16.2. The molecule has 0 unspecified atom stereocenters. The van der Waals surface area contributed by atoms with E-state index in [4.69, 9.17) is 0 Å². The lowest BCUT2D eigenvalue weighted by molar-refractivity contribution is -0.384. The molecule has 1 aliphatic rings. The van der Waals surface area contributed by atoms with Crippen LogP contribution in [0.4, 0.5) is 11.5 Å². The molecule has 2 heterocycles. The molecule has 1 aromatic heterocycles. The van der Waals surface area contributed by atoms with Crippen LogP contribution in [0.5, 0.6) is 0 Å². The average Bonchev–Trinajstić information content (AvgIpc) is 2.48. The lowest BCUT2D eigenvalue weighted by Gasteiger charge is -2.23. The Morgan fingerprint density at radius 1 is 1.30 bits per heavy atom. The summed E-state index contributed by atoms with van der Waals surface area (Å²) in [5.41, 5.74) is 0.785. The average molecular weight is 290 g/mol. The van der Waals surface area contributed by atoms with Crippen LogP contribution >= 0.6 is 11.8 Å². The van der Waals surface area contributed by atoms with Gasteiger partial charge in [-0.05, 0) is 30.4 Å². The molecule has 6 nitrogen and oxygen atoms in total. The summed E-state index contributed by atoms with van der Waals surface area (Å²) in [6, 6.07) is 5.05. The van der Waals surface area contributed by atoms with Gasteiger partial charge in [0.15, 0.2) is 0 Å². The number of benzene rings is 1. The van der Waals surface area contributed by atoms with Crippen molar-refractivity contribution in [3.8, 4) is 0 Å². The van der Waals surface area contributed by atoms with Gasteiger partial charge >= 0.3 is 0 Å². The number of anilines is 1. The van der Waals surface area contributed by atoms with Crippen LogP contribution in [0.1, 0.15) is 12.8 Å². The molecular weight excluding hydrogens is 276 g/mol. The predicted octanol–water partition coefficient (Wildman–Crippen LogP) is 2.85. The number of non-ortho nitro benzene ring substituents is 1. The number of nitrogens with one attached hydrogen (secondary N) is 1. The Kier molecular flexibility index (Phi) is 3.68. The molecule has 3 rings (SSSR count). The van der Waals surface area contributed by atoms with Gasteiger partial charge < -0.3 is 5.32 Å². The molecule has 0 atom stereocenters. The number of rotatable bonds is 3. The van der Waals surface area contributed by atoms with Crippen LogP contribution in [-0.2, 0) is 0 Å². The first kappa shape index (κ1) is 13.1. The zero-order valence-electron chi connectivity index (χ0n) is 10.8. The lowest BCUT2D eigenvalue weighted by atomic mass is 10.1. The molecule has 1 aromatic carbocycles. The quantitative estimate of drug-likeness (QED) is 0.691. The summed E-state index contributed by atoms with van der Waals surface area (Å²) in [5, 5.41) is 15.0. The minimum absolute atomic E-state index is 0.0644. The largest absolute Gasteiger partial charge is 0.367 e. The maximum atomic E-state index is 10.9. The van der Waals surface area contributed by atoms with E-state index in [9.17, 15) is 10.1 Å². The first-order valence-electron chi connectivity index (χ1n) is 6.47. The van der Waals surface area contributed by atoms with Crippen molar-refractivity contribution in [1.82, 2.24) is 9.97 Å². The molecule has 2 aromatic rings. The van der Waals surface area contributed by atoms with Gasteiger partial charge in [-0.15, -0.1) is 0 Å². The van der Waals surface area contributed by atoms with E-state index >= 15 is 0 Å². The molecule has 7 heteroatoms. The number of aromatic nitrogens is 2. The highest BCUT2D eigenvalue weighted by atomic mass is 32.2. The van der Waals surface area contributed by atoms with Gasteiger partial charge in [-0.3, -0.25) is 10.1 Å². The second-order valence-corrected chi connectivity index (χ2v) is 5.94. The van der Waals surface area contributed by atoms with Crippen molar-refractivity contribution in [1.29, 1.82) is 0 Å². The SMILES string of the molecule is O=[N+]([O-])c1ccc2ncnc(NC3CCSCC3)c2c1. The topological polar surface area (TPSA) is 81.0 Å². The Labute approximate surface area is 120 Å². The van der Waals surface area contributed by atoms with Gasteiger partial charge in [0.25, 0.3) is 5.69 Å². The van der Waals surface area contributed by atoms with Gasteiger partial charge in [-0.1, -0.05) is 0 Å². The van der Waals surface area contributed by atoms with Crippen LogP contribution in [0.15, 0.2) is 24.5 Å². The molecule has 1 aliphatic heterocycles. The van der Waals surface area contributed by atoms with Crippen molar-refractivity contribution >= 4 is 34.2 Å². The standard InChI is InChI=1S/C13H14N4O2S/c18-17(19)10-1-2-12-11(7-10)13(15-8-14-12)16-9-3-5-20-6-4-9/h1-2,7-9H,3-6H2,(H,14,15,16). The number of nitrogens with zero attached hydrogens (tertiary/aromatic N) is 3. The fraction of sp³-hybridized carbons (Fsp3) is 0.385. The zero-order valence-corrected chi connectivity index (χ0v) is 11.6.